The number of nitrogens with zero attached hydrogens (tertiary/aromatic N) is 3. The number of rotatable bonds is 4. The lowest BCUT2D eigenvalue weighted by Gasteiger charge is -2.65. The Morgan fingerprint density at radius 3 is 2.48 bits per heavy atom. The number of aliphatic hydroxyl groups excluding tert-OH is 2. The Hall–Kier alpha value is -4.38. The van der Waals surface area contributed by atoms with Gasteiger partial charge in [-0.25, -0.2) is 0 Å². The van der Waals surface area contributed by atoms with Crippen molar-refractivity contribution in [3.63, 3.8) is 0 Å². The highest BCUT2D eigenvalue weighted by Gasteiger charge is 2.74. The summed E-state index contributed by atoms with van der Waals surface area (Å²) in [7, 11) is 4.18. The maximum atomic E-state index is 15.2. The van der Waals surface area contributed by atoms with Crippen molar-refractivity contribution in [1.82, 2.24) is 10.2 Å². The van der Waals surface area contributed by atoms with Crippen LogP contribution in [-0.2, 0) is 27.3 Å². The van der Waals surface area contributed by atoms with Gasteiger partial charge in [0.05, 0.1) is 12.2 Å². The molecule has 2 aromatic rings. The van der Waals surface area contributed by atoms with E-state index in [-0.39, 0.29) is 116 Å². The summed E-state index contributed by atoms with van der Waals surface area (Å²) in [5.41, 5.74) is 21.5. The number of phenolic OH excluding ortho intramolecular Hbond substituents is 1. The van der Waals surface area contributed by atoms with Crippen LogP contribution in [0.2, 0.25) is 0 Å². The number of guanidine groups is 2. The first-order valence-corrected chi connectivity index (χ1v) is 38.5. The Labute approximate surface area is 547 Å². The molecule has 7 heterocycles. The molecule has 16 heteroatoms. The standard InChI is InChI=1S/C75H101N7O7S2/c1-43(83)88-73-36-47-15-16-52(73)34-49-32-50(64(86)65-61(49)45-23-31-72(89-65)28-7-12-51(72)33-45)41-82-42-70(38-60(82)85)53(17-19-55(70)44-10-3-2-4-11-44)40-80-68(78)81-75(30-8-26-69(75)24-5-6-25-69)91-90-59-22-21-56-54(63(47)58(84)37-73)18-20-57(59)74(56)29-9-27-71(74)35-46-13-14-48(39-79-67(76)77)62(46)66(71)87/h2-4,10-11,21-23,31-32,45-48,51-59,62-63,66,84,86-87H,5-9,12-20,24-30,33-42H2,1H3,(H4,76,77,79)(H3,78,80,81)/t45-,46+,47-,48-,51-,52+,53-,54-,55+,56-,57-,58+,59-,62+,63-,66+,70-,71+,72+,73-,74+,75+/m0/s1. The number of amides is 1. The van der Waals surface area contributed by atoms with Gasteiger partial charge in [0.1, 0.15) is 16.1 Å². The van der Waals surface area contributed by atoms with Crippen molar-refractivity contribution in [2.24, 2.45) is 114 Å². The molecule has 14 nitrogen and oxygen atoms in total. The summed E-state index contributed by atoms with van der Waals surface area (Å²) in [4.78, 5) is 40.9. The molecule has 7 aliphatic heterocycles. The van der Waals surface area contributed by atoms with Gasteiger partial charge in [-0.2, -0.15) is 0 Å². The SMILES string of the molecule is CC(=O)O[C@]12C[C@@H]3CC[C@@H]1Cc1cc(c(O)c4c1[C@H]1C=C[C@@]5(CCC[C@H]5C1)O4)CN1C[C@@]4(CC1=O)[C@@H](CC[C@@H]4c1ccccc1)CN=C(N)N[C@]1(CCCC14CCCC4)SS[C@H]1C=C[C@H]4[C@H](CC[C@@H]1[C@@]41CCC[C@]14C[C@H]1CC[C@@H](CN=C(N)N)[C@@H]1[C@H]4O)[C@H]3[C@H](O)C2. The molecule has 0 aromatic heterocycles. The Morgan fingerprint density at radius 1 is 0.846 bits per heavy atom. The number of benzene rings is 2. The number of phenols is 1. The van der Waals surface area contributed by atoms with Crippen LogP contribution < -0.4 is 27.3 Å². The fourth-order valence-electron chi connectivity index (χ4n) is 26.5. The maximum Gasteiger partial charge on any atom is 0.303 e. The number of carbonyl (C=O) groups is 2. The third kappa shape index (κ3) is 8.95. The Balaban J connectivity index is 0.800. The molecule has 1 amide bonds. The number of carbonyl (C=O) groups excluding carboxylic acids is 2. The van der Waals surface area contributed by atoms with E-state index in [1.165, 1.54) is 37.7 Å². The number of aliphatic hydroxyl groups is 2. The Bertz CT molecular complexity index is 3340. The smallest absolute Gasteiger partial charge is 0.303 e. The molecule has 12 aliphatic carbocycles. The Morgan fingerprint density at radius 2 is 1.65 bits per heavy atom. The summed E-state index contributed by atoms with van der Waals surface area (Å²) in [6, 6.07) is 13.1. The van der Waals surface area contributed by atoms with Crippen LogP contribution in [0.4, 0.5) is 0 Å². The van der Waals surface area contributed by atoms with E-state index in [9.17, 15) is 20.1 Å². The van der Waals surface area contributed by atoms with Crippen LogP contribution in [0.3, 0.4) is 0 Å². The van der Waals surface area contributed by atoms with Crippen molar-refractivity contribution < 1.29 is 34.4 Å². The summed E-state index contributed by atoms with van der Waals surface area (Å²) < 4.78 is 14.3. The van der Waals surface area contributed by atoms with E-state index in [4.69, 9.17) is 31.7 Å². The Kier molecular flexibility index (Phi) is 14.6. The fraction of sp³-hybridized carbons (Fsp3) is 0.733. The first kappa shape index (κ1) is 60.3. The van der Waals surface area contributed by atoms with Gasteiger partial charge in [0.15, 0.2) is 23.4 Å². The fourth-order valence-corrected chi connectivity index (χ4v) is 30.6. The number of fused-ring (bicyclic) bond motifs is 3. The normalized spacial score (nSPS) is 46.2. The number of allylic oxidation sites excluding steroid dienone is 2. The highest BCUT2D eigenvalue weighted by molar-refractivity contribution is 8.77. The molecule has 490 valence electrons. The van der Waals surface area contributed by atoms with E-state index in [0.29, 0.717) is 80.3 Å². The zero-order chi connectivity index (χ0) is 62.0. The van der Waals surface area contributed by atoms with Gasteiger partial charge in [-0.1, -0.05) is 89.4 Å². The highest BCUT2D eigenvalue weighted by atomic mass is 33.1. The summed E-state index contributed by atoms with van der Waals surface area (Å²) >= 11 is 0. The van der Waals surface area contributed by atoms with E-state index in [1.807, 2.05) is 4.90 Å². The van der Waals surface area contributed by atoms with Crippen LogP contribution in [0.1, 0.15) is 208 Å². The predicted molar refractivity (Wildman–Crippen MR) is 357 cm³/mol. The van der Waals surface area contributed by atoms with Gasteiger partial charge in [0.25, 0.3) is 0 Å². The summed E-state index contributed by atoms with van der Waals surface area (Å²) in [6.45, 7) is 3.46. The van der Waals surface area contributed by atoms with Crippen molar-refractivity contribution in [3.8, 4) is 11.5 Å². The molecule has 6 spiro atoms. The van der Waals surface area contributed by atoms with Crippen LogP contribution in [0, 0.1) is 86.8 Å². The molecule has 1 saturated heterocycles. The summed E-state index contributed by atoms with van der Waals surface area (Å²) in [5.74, 6) is 3.43. The van der Waals surface area contributed by atoms with Crippen molar-refractivity contribution >= 4 is 45.4 Å². The van der Waals surface area contributed by atoms with E-state index < -0.39 is 28.8 Å². The van der Waals surface area contributed by atoms with Gasteiger partial charge >= 0.3 is 5.97 Å². The van der Waals surface area contributed by atoms with E-state index in [2.05, 4.69) is 92.6 Å². The quantitative estimate of drug-likeness (QED) is 0.0497. The first-order valence-electron chi connectivity index (χ1n) is 36.3. The topological polar surface area (TPSA) is 231 Å². The van der Waals surface area contributed by atoms with Crippen LogP contribution in [-0.4, -0.2) is 97.2 Å². The number of esters is 1. The predicted octanol–water partition coefficient (Wildman–Crippen LogP) is 12.1. The molecule has 0 radical (unpaired) electrons. The molecule has 11 fully saturated rings. The van der Waals surface area contributed by atoms with Gasteiger partial charge in [0, 0.05) is 96.3 Å². The van der Waals surface area contributed by atoms with Gasteiger partial charge in [-0.05, 0) is 229 Å². The monoisotopic (exact) mass is 1280 g/mol. The van der Waals surface area contributed by atoms with Gasteiger partial charge in [-0.3, -0.25) is 19.6 Å². The molecule has 22 atom stereocenters. The number of nitrogens with one attached hydrogen (secondary N) is 1. The molecule has 0 unspecified atom stereocenters. The van der Waals surface area contributed by atoms with Crippen molar-refractivity contribution in [2.75, 3.05) is 19.6 Å². The molecule has 2 aromatic carbocycles. The lowest BCUT2D eigenvalue weighted by molar-refractivity contribution is -0.210. The molecule has 91 heavy (non-hydrogen) atoms. The number of ether oxygens (including phenoxy) is 2. The largest absolute Gasteiger partial charge is 0.504 e. The second-order valence-electron chi connectivity index (χ2n) is 33.0. The highest BCUT2D eigenvalue weighted by Crippen LogP contribution is 2.78. The van der Waals surface area contributed by atoms with Crippen molar-refractivity contribution in [3.05, 3.63) is 83.0 Å². The van der Waals surface area contributed by atoms with Gasteiger partial charge < -0.3 is 52.2 Å². The van der Waals surface area contributed by atoms with Crippen LogP contribution in [0.5, 0.6) is 11.5 Å². The minimum Gasteiger partial charge on any atom is -0.504 e. The van der Waals surface area contributed by atoms with E-state index >= 15 is 4.79 Å². The second-order valence-corrected chi connectivity index (χ2v) is 35.7. The van der Waals surface area contributed by atoms with Crippen molar-refractivity contribution in [2.45, 2.75) is 232 Å². The number of aliphatic imine (C=N–C) groups is 2. The molecular weight excluding hydrogens is 1180 g/mol. The summed E-state index contributed by atoms with van der Waals surface area (Å²) in [5, 5.41) is 44.5. The number of aromatic hydroxyl groups is 1. The number of hydrogen-bond acceptors (Lipinski definition) is 13. The van der Waals surface area contributed by atoms with E-state index in [0.717, 1.165) is 127 Å². The molecule has 10 saturated carbocycles. The van der Waals surface area contributed by atoms with Gasteiger partial charge in [0.2, 0.25) is 5.91 Å². The third-order valence-corrected chi connectivity index (χ3v) is 33.4. The zero-order valence-electron chi connectivity index (χ0n) is 53.8. The maximum absolute atomic E-state index is 15.2. The third-order valence-electron chi connectivity index (χ3n) is 29.7. The minimum absolute atomic E-state index is 0.0152. The number of hydrogen-bond donors (Lipinski definition) is 7. The van der Waals surface area contributed by atoms with Crippen LogP contribution in [0.25, 0.3) is 0 Å². The first-order chi connectivity index (χ1) is 44.0. The molecule has 19 aliphatic rings. The number of nitrogens with two attached hydrogens (primary N) is 3. The van der Waals surface area contributed by atoms with Crippen molar-refractivity contribution in [1.29, 1.82) is 0 Å². The molecule has 10 N–H and O–H groups in total. The summed E-state index contributed by atoms with van der Waals surface area (Å²) in [6.07, 6.45) is 35.2. The van der Waals surface area contributed by atoms with Crippen LogP contribution in [0.15, 0.2) is 70.7 Å². The van der Waals surface area contributed by atoms with Crippen LogP contribution >= 0.6 is 21.6 Å². The van der Waals surface area contributed by atoms with Gasteiger partial charge in [-0.15, -0.1) is 0 Å². The molecular formula is C75H101N7O7S2. The zero-order valence-corrected chi connectivity index (χ0v) is 55.4. The lowest BCUT2D eigenvalue weighted by Crippen LogP contribution is -2.64. The lowest BCUT2D eigenvalue weighted by atomic mass is 9.41. The molecule has 14 bridgehead atoms. The second kappa shape index (κ2) is 22.1. The molecule has 21 rings (SSSR count). The average Bonchev–Trinajstić information content (AvgIpc) is 1.57. The average molecular weight is 1280 g/mol. The van der Waals surface area contributed by atoms with E-state index in [1.54, 1.807) is 6.92 Å². The minimum atomic E-state index is -0.891.